The van der Waals surface area contributed by atoms with Gasteiger partial charge in [0.1, 0.15) is 10.7 Å². The van der Waals surface area contributed by atoms with Gasteiger partial charge in [-0.2, -0.15) is 4.31 Å². The lowest BCUT2D eigenvalue weighted by Crippen LogP contribution is -2.42. The highest BCUT2D eigenvalue weighted by Crippen LogP contribution is 2.28. The first-order valence-electron chi connectivity index (χ1n) is 6.26. The molecule has 19 heavy (non-hydrogen) atoms. The van der Waals surface area contributed by atoms with E-state index in [2.05, 4.69) is 0 Å². The molecule has 0 aromatic heterocycles. The van der Waals surface area contributed by atoms with Crippen LogP contribution in [0.2, 0.25) is 5.02 Å². The van der Waals surface area contributed by atoms with E-state index in [1.165, 1.54) is 16.4 Å². The van der Waals surface area contributed by atoms with E-state index < -0.39 is 15.8 Å². The number of nitrogens with zero attached hydrogens (tertiary/aromatic N) is 1. The quantitative estimate of drug-likeness (QED) is 0.842. The van der Waals surface area contributed by atoms with Crippen molar-refractivity contribution in [3.8, 4) is 0 Å². The number of hydrogen-bond donors (Lipinski definition) is 0. The first kappa shape index (κ1) is 14.8. The Morgan fingerprint density at radius 2 is 1.84 bits per heavy atom. The molecule has 0 radical (unpaired) electrons. The fourth-order valence-corrected chi connectivity index (χ4v) is 4.51. The summed E-state index contributed by atoms with van der Waals surface area (Å²) in [7, 11) is -3.78. The van der Waals surface area contributed by atoms with Crippen LogP contribution in [0.25, 0.3) is 0 Å². The molecule has 1 heterocycles. The molecule has 1 aliphatic rings. The maximum atomic E-state index is 13.8. The molecule has 1 aliphatic heterocycles. The smallest absolute Gasteiger partial charge is 0.207 e. The molecule has 1 saturated heterocycles. The van der Waals surface area contributed by atoms with E-state index >= 15 is 0 Å². The highest BCUT2D eigenvalue weighted by Gasteiger charge is 2.33. The van der Waals surface area contributed by atoms with E-state index in [0.717, 1.165) is 12.5 Å². The van der Waals surface area contributed by atoms with Gasteiger partial charge in [-0.25, -0.2) is 12.8 Å². The van der Waals surface area contributed by atoms with Crippen LogP contribution in [0.3, 0.4) is 0 Å². The van der Waals surface area contributed by atoms with Crippen LogP contribution in [-0.2, 0) is 10.0 Å². The number of benzene rings is 1. The number of rotatable bonds is 2. The third-order valence-electron chi connectivity index (χ3n) is 3.35. The first-order chi connectivity index (χ1) is 8.80. The Bertz CT molecular complexity index is 566. The lowest BCUT2D eigenvalue weighted by molar-refractivity contribution is 0.222. The second kappa shape index (κ2) is 5.38. The molecule has 0 aliphatic carbocycles. The summed E-state index contributed by atoms with van der Waals surface area (Å²) in [6, 6.07) is 3.66. The molecule has 106 valence electrons. The molecule has 0 spiro atoms. The first-order valence-corrected chi connectivity index (χ1v) is 8.07. The van der Waals surface area contributed by atoms with Gasteiger partial charge in [0.05, 0.1) is 0 Å². The predicted molar refractivity (Wildman–Crippen MR) is 73.1 cm³/mol. The van der Waals surface area contributed by atoms with Crippen LogP contribution in [0.1, 0.15) is 20.3 Å². The van der Waals surface area contributed by atoms with E-state index in [-0.39, 0.29) is 21.8 Å². The third kappa shape index (κ3) is 3.09. The Morgan fingerprint density at radius 1 is 1.26 bits per heavy atom. The van der Waals surface area contributed by atoms with Crippen LogP contribution in [0.5, 0.6) is 0 Å². The average molecular weight is 306 g/mol. The number of piperidine rings is 1. The molecular formula is C13H17ClFNO2S. The molecule has 0 unspecified atom stereocenters. The average Bonchev–Trinajstić information content (AvgIpc) is 2.26. The molecule has 2 rings (SSSR count). The van der Waals surface area contributed by atoms with Gasteiger partial charge >= 0.3 is 0 Å². The summed E-state index contributed by atoms with van der Waals surface area (Å²) in [4.78, 5) is -0.293. The van der Waals surface area contributed by atoms with Crippen LogP contribution in [0, 0.1) is 17.7 Å². The van der Waals surface area contributed by atoms with Crippen LogP contribution >= 0.6 is 11.6 Å². The molecule has 1 aromatic rings. The van der Waals surface area contributed by atoms with Gasteiger partial charge in [0.15, 0.2) is 0 Å². The zero-order valence-corrected chi connectivity index (χ0v) is 12.5. The minimum absolute atomic E-state index is 0.192. The standard InChI is InChI=1S/C13H17ClFNO2S/c1-9-5-10(2)8-16(7-9)19(17,18)13-4-3-11(14)6-12(13)15/h3-4,6,9-10H,5,7-8H2,1-2H3/t9-,10-/m0/s1. The summed E-state index contributed by atoms with van der Waals surface area (Å²) in [5.41, 5.74) is 0. The van der Waals surface area contributed by atoms with Crippen molar-refractivity contribution in [2.75, 3.05) is 13.1 Å². The maximum absolute atomic E-state index is 13.8. The molecule has 1 fully saturated rings. The van der Waals surface area contributed by atoms with Crippen LogP contribution in [0.15, 0.2) is 23.1 Å². The maximum Gasteiger partial charge on any atom is 0.246 e. The number of halogens is 2. The molecule has 3 nitrogen and oxygen atoms in total. The van der Waals surface area contributed by atoms with E-state index in [1.807, 2.05) is 13.8 Å². The molecule has 6 heteroatoms. The number of sulfonamides is 1. The largest absolute Gasteiger partial charge is 0.246 e. The fourth-order valence-electron chi connectivity index (χ4n) is 2.63. The Labute approximate surface area is 118 Å². The van der Waals surface area contributed by atoms with E-state index in [4.69, 9.17) is 11.6 Å². The highest BCUT2D eigenvalue weighted by atomic mass is 35.5. The van der Waals surface area contributed by atoms with Gasteiger partial charge < -0.3 is 0 Å². The summed E-state index contributed by atoms with van der Waals surface area (Å²) in [6.07, 6.45) is 0.995. The third-order valence-corrected chi connectivity index (χ3v) is 5.45. The van der Waals surface area contributed by atoms with Gasteiger partial charge in [0.2, 0.25) is 10.0 Å². The van der Waals surface area contributed by atoms with Crippen LogP contribution < -0.4 is 0 Å². The molecule has 1 aromatic carbocycles. The van der Waals surface area contributed by atoms with Crippen molar-refractivity contribution in [1.29, 1.82) is 0 Å². The summed E-state index contributed by atoms with van der Waals surface area (Å²) < 4.78 is 40.1. The molecule has 0 amide bonds. The second-order valence-electron chi connectivity index (χ2n) is 5.34. The Kier molecular flexibility index (Phi) is 4.18. The Morgan fingerprint density at radius 3 is 2.37 bits per heavy atom. The lowest BCUT2D eigenvalue weighted by atomic mass is 9.94. The van der Waals surface area contributed by atoms with Crippen LogP contribution in [0.4, 0.5) is 4.39 Å². The Hall–Kier alpha value is -0.650. The van der Waals surface area contributed by atoms with Crippen molar-refractivity contribution in [1.82, 2.24) is 4.31 Å². The summed E-state index contributed by atoms with van der Waals surface area (Å²) in [5.74, 6) is -0.221. The van der Waals surface area contributed by atoms with Gasteiger partial charge in [-0.05, 0) is 36.5 Å². The molecular weight excluding hydrogens is 289 g/mol. The minimum Gasteiger partial charge on any atom is -0.207 e. The van der Waals surface area contributed by atoms with Crippen molar-refractivity contribution < 1.29 is 12.8 Å². The van der Waals surface area contributed by atoms with Gasteiger partial charge in [-0.15, -0.1) is 0 Å². The van der Waals surface area contributed by atoms with Crippen LogP contribution in [-0.4, -0.2) is 25.8 Å². The zero-order chi connectivity index (χ0) is 14.2. The van der Waals surface area contributed by atoms with Crippen molar-refractivity contribution in [2.45, 2.75) is 25.2 Å². The van der Waals surface area contributed by atoms with Gasteiger partial charge in [-0.1, -0.05) is 25.4 Å². The molecule has 2 atom stereocenters. The van der Waals surface area contributed by atoms with E-state index in [1.54, 1.807) is 0 Å². The van der Waals surface area contributed by atoms with E-state index in [0.29, 0.717) is 13.1 Å². The van der Waals surface area contributed by atoms with Crippen molar-refractivity contribution in [3.05, 3.63) is 29.0 Å². The van der Waals surface area contributed by atoms with Gasteiger partial charge in [-0.3, -0.25) is 0 Å². The summed E-state index contributed by atoms with van der Waals surface area (Å²) in [5, 5.41) is 0.192. The van der Waals surface area contributed by atoms with Crippen molar-refractivity contribution >= 4 is 21.6 Å². The van der Waals surface area contributed by atoms with Gasteiger partial charge in [0.25, 0.3) is 0 Å². The van der Waals surface area contributed by atoms with Crippen molar-refractivity contribution in [2.24, 2.45) is 11.8 Å². The second-order valence-corrected chi connectivity index (χ2v) is 7.69. The van der Waals surface area contributed by atoms with Crippen molar-refractivity contribution in [3.63, 3.8) is 0 Å². The summed E-state index contributed by atoms with van der Waals surface area (Å²) in [6.45, 7) is 4.90. The topological polar surface area (TPSA) is 37.4 Å². The molecule has 0 bridgehead atoms. The SMILES string of the molecule is C[C@H]1C[C@H](C)CN(S(=O)(=O)c2ccc(Cl)cc2F)C1. The van der Waals surface area contributed by atoms with E-state index in [9.17, 15) is 12.8 Å². The molecule has 0 saturated carbocycles. The molecule has 0 N–H and O–H groups in total. The number of hydrogen-bond acceptors (Lipinski definition) is 2. The predicted octanol–water partition coefficient (Wildman–Crippen LogP) is 3.15. The Balaban J connectivity index is 2.36. The minimum atomic E-state index is -3.78. The van der Waals surface area contributed by atoms with Gasteiger partial charge in [0, 0.05) is 18.1 Å². The summed E-state index contributed by atoms with van der Waals surface area (Å²) >= 11 is 5.65. The zero-order valence-electron chi connectivity index (χ0n) is 10.9. The normalized spacial score (nSPS) is 25.5. The lowest BCUT2D eigenvalue weighted by Gasteiger charge is -2.34. The monoisotopic (exact) mass is 305 g/mol. The fraction of sp³-hybridized carbons (Fsp3) is 0.538. The highest BCUT2D eigenvalue weighted by molar-refractivity contribution is 7.89.